The Morgan fingerprint density at radius 3 is 2.00 bits per heavy atom. The Labute approximate surface area is 265 Å². The third-order valence-electron chi connectivity index (χ3n) is 16.5. The van der Waals surface area contributed by atoms with Crippen molar-refractivity contribution in [2.75, 3.05) is 0 Å². The zero-order valence-electron chi connectivity index (χ0n) is 28.6. The van der Waals surface area contributed by atoms with Crippen LogP contribution in [-0.4, -0.2) is 34.2 Å². The van der Waals surface area contributed by atoms with Crippen molar-refractivity contribution in [3.63, 3.8) is 0 Å². The highest BCUT2D eigenvalue weighted by atomic mass is 16.5. The molecule has 6 fully saturated rings. The zero-order valence-corrected chi connectivity index (χ0v) is 28.6. The maximum atomic E-state index is 13.5. The fraction of sp³-hybridized carbons (Fsp3) is 0.868. The van der Waals surface area contributed by atoms with E-state index in [0.29, 0.717) is 30.1 Å². The number of ether oxygens (including phenoxy) is 1. The number of esters is 1. The molecule has 6 saturated carbocycles. The third kappa shape index (κ3) is 3.93. The first-order valence-electron chi connectivity index (χ1n) is 17.6. The molecule has 6 aliphatic rings. The SMILES string of the molecule is C=C(C)[C@@H]1CC[C@]2(C(=O)O)CC[C@]3(C)[C@H](CC[C@@H]4[C@@]5(C)CCC(OC(=O)[C@@H]6C[C@H](C(=O)O)C6(C)C)C(C)(C)[C@@H]5CC[C@]43C)[C@@H]12. The summed E-state index contributed by atoms with van der Waals surface area (Å²) < 4.78 is 6.35. The van der Waals surface area contributed by atoms with Gasteiger partial charge in [-0.15, -0.1) is 0 Å². The molecular formula is C38H58O6. The zero-order chi connectivity index (χ0) is 32.4. The van der Waals surface area contributed by atoms with Crippen molar-refractivity contribution in [1.29, 1.82) is 0 Å². The van der Waals surface area contributed by atoms with E-state index >= 15 is 0 Å². The Kier molecular flexibility index (Phi) is 7.17. The summed E-state index contributed by atoms with van der Waals surface area (Å²) in [5, 5.41) is 20.2. The monoisotopic (exact) mass is 610 g/mol. The number of hydrogen-bond acceptors (Lipinski definition) is 4. The number of carbonyl (C=O) groups excluding carboxylic acids is 1. The first-order chi connectivity index (χ1) is 20.3. The molecule has 0 heterocycles. The van der Waals surface area contributed by atoms with Gasteiger partial charge >= 0.3 is 17.9 Å². The quantitative estimate of drug-likeness (QED) is 0.240. The second kappa shape index (κ2) is 9.83. The molecule has 0 aliphatic heterocycles. The van der Waals surface area contributed by atoms with Crippen molar-refractivity contribution in [2.45, 2.75) is 132 Å². The highest BCUT2D eigenvalue weighted by Gasteiger charge is 2.72. The Morgan fingerprint density at radius 1 is 0.727 bits per heavy atom. The largest absolute Gasteiger partial charge is 0.481 e. The third-order valence-corrected chi connectivity index (χ3v) is 16.5. The lowest BCUT2D eigenvalue weighted by Gasteiger charge is -2.72. The minimum atomic E-state index is -0.823. The molecule has 12 atom stereocenters. The molecule has 6 aliphatic carbocycles. The van der Waals surface area contributed by atoms with E-state index < -0.39 is 28.7 Å². The van der Waals surface area contributed by atoms with Crippen molar-refractivity contribution < 1.29 is 29.3 Å². The lowest BCUT2D eigenvalue weighted by Crippen LogP contribution is -2.67. The highest BCUT2D eigenvalue weighted by Crippen LogP contribution is 2.77. The summed E-state index contributed by atoms with van der Waals surface area (Å²) in [5.41, 5.74) is 0.166. The van der Waals surface area contributed by atoms with Gasteiger partial charge in [-0.25, -0.2) is 0 Å². The minimum absolute atomic E-state index is 0.0928. The Bertz CT molecular complexity index is 1270. The van der Waals surface area contributed by atoms with Gasteiger partial charge in [0, 0.05) is 5.41 Å². The van der Waals surface area contributed by atoms with Gasteiger partial charge in [-0.3, -0.25) is 14.4 Å². The Hall–Kier alpha value is -1.85. The second-order valence-electron chi connectivity index (χ2n) is 18.4. The predicted octanol–water partition coefficient (Wildman–Crippen LogP) is 8.39. The molecule has 2 N–H and O–H groups in total. The number of hydrogen-bond donors (Lipinski definition) is 2. The fourth-order valence-corrected chi connectivity index (χ4v) is 13.7. The predicted molar refractivity (Wildman–Crippen MR) is 169 cm³/mol. The van der Waals surface area contributed by atoms with E-state index in [1.54, 1.807) is 0 Å². The van der Waals surface area contributed by atoms with E-state index in [9.17, 15) is 24.6 Å². The second-order valence-corrected chi connectivity index (χ2v) is 18.4. The average molecular weight is 611 g/mol. The molecule has 6 nitrogen and oxygen atoms in total. The van der Waals surface area contributed by atoms with E-state index in [0.717, 1.165) is 64.2 Å². The molecule has 0 spiro atoms. The number of allylic oxidation sites excluding steroid dienone is 1. The van der Waals surface area contributed by atoms with Gasteiger partial charge in [-0.1, -0.05) is 60.6 Å². The summed E-state index contributed by atoms with van der Waals surface area (Å²) >= 11 is 0. The Morgan fingerprint density at radius 2 is 1.41 bits per heavy atom. The minimum Gasteiger partial charge on any atom is -0.481 e. The molecule has 1 unspecified atom stereocenters. The lowest BCUT2D eigenvalue weighted by atomic mass is 9.32. The summed E-state index contributed by atoms with van der Waals surface area (Å²) in [6, 6.07) is 0. The molecule has 0 aromatic heterocycles. The van der Waals surface area contributed by atoms with Crippen molar-refractivity contribution in [2.24, 2.45) is 73.9 Å². The number of carboxylic acids is 2. The van der Waals surface area contributed by atoms with Crippen LogP contribution in [0.15, 0.2) is 12.2 Å². The van der Waals surface area contributed by atoms with Crippen LogP contribution < -0.4 is 0 Å². The molecule has 0 aromatic carbocycles. The van der Waals surface area contributed by atoms with Crippen molar-refractivity contribution in [3.05, 3.63) is 12.2 Å². The maximum Gasteiger partial charge on any atom is 0.309 e. The Balaban J connectivity index is 1.25. The summed E-state index contributed by atoms with van der Waals surface area (Å²) in [5.74, 6) is -0.593. The van der Waals surface area contributed by atoms with E-state index in [-0.39, 0.29) is 45.6 Å². The van der Waals surface area contributed by atoms with E-state index in [4.69, 9.17) is 4.74 Å². The molecule has 6 rings (SSSR count). The smallest absolute Gasteiger partial charge is 0.309 e. The van der Waals surface area contributed by atoms with E-state index in [1.165, 1.54) is 5.57 Å². The number of carbonyl (C=O) groups is 3. The van der Waals surface area contributed by atoms with Gasteiger partial charge < -0.3 is 14.9 Å². The summed E-state index contributed by atoms with van der Waals surface area (Å²) in [7, 11) is 0. The van der Waals surface area contributed by atoms with Crippen LogP contribution in [0.4, 0.5) is 0 Å². The van der Waals surface area contributed by atoms with Crippen LogP contribution in [0.5, 0.6) is 0 Å². The van der Waals surface area contributed by atoms with Gasteiger partial charge in [0.05, 0.1) is 17.3 Å². The van der Waals surface area contributed by atoms with Crippen LogP contribution in [0, 0.1) is 73.9 Å². The van der Waals surface area contributed by atoms with E-state index in [1.807, 2.05) is 13.8 Å². The number of carboxylic acid groups (broad SMARTS) is 2. The molecule has 246 valence electrons. The van der Waals surface area contributed by atoms with E-state index in [2.05, 4.69) is 48.1 Å². The first-order valence-corrected chi connectivity index (χ1v) is 17.6. The maximum absolute atomic E-state index is 13.5. The molecule has 0 saturated heterocycles. The van der Waals surface area contributed by atoms with Gasteiger partial charge in [0.25, 0.3) is 0 Å². The lowest BCUT2D eigenvalue weighted by molar-refractivity contribution is -0.252. The molecule has 6 heteroatoms. The van der Waals surface area contributed by atoms with Crippen LogP contribution in [0.3, 0.4) is 0 Å². The van der Waals surface area contributed by atoms with Crippen LogP contribution in [0.25, 0.3) is 0 Å². The summed E-state index contributed by atoms with van der Waals surface area (Å²) in [6.07, 6.45) is 10.1. The molecule has 0 amide bonds. The molecule has 0 aromatic rings. The van der Waals surface area contributed by atoms with Crippen LogP contribution in [-0.2, 0) is 19.1 Å². The molecule has 44 heavy (non-hydrogen) atoms. The van der Waals surface area contributed by atoms with Gasteiger partial charge in [0.1, 0.15) is 6.10 Å². The standard InChI is InChI=1S/C38H58O6/c1-21(2)22-12-17-38(32(42)43)19-18-36(8)23(29(22)38)10-11-27-35(7)15-14-28(34(5,6)26(35)13-16-37(27,36)9)44-31(41)25-20-24(30(39)40)33(25,3)4/h22-29H,1,10-20H2,2-9H3,(H,39,40)(H,42,43)/t22-,23+,24+,25-,26-,27+,28?,29+,35-,36+,37+,38-/m0/s1. The van der Waals surface area contributed by atoms with Crippen molar-refractivity contribution >= 4 is 17.9 Å². The molecular weight excluding hydrogens is 552 g/mol. The summed E-state index contributed by atoms with van der Waals surface area (Å²) in [4.78, 5) is 38.1. The van der Waals surface area contributed by atoms with Crippen LogP contribution in [0.1, 0.15) is 126 Å². The molecule has 0 radical (unpaired) electrons. The average Bonchev–Trinajstić information content (AvgIpc) is 3.31. The number of fused-ring (bicyclic) bond motifs is 7. The van der Waals surface area contributed by atoms with Gasteiger partial charge in [0.15, 0.2) is 0 Å². The van der Waals surface area contributed by atoms with Gasteiger partial charge in [-0.2, -0.15) is 0 Å². The van der Waals surface area contributed by atoms with Gasteiger partial charge in [0.2, 0.25) is 0 Å². The number of aliphatic carboxylic acids is 2. The number of rotatable bonds is 5. The first kappa shape index (κ1) is 32.1. The molecule has 0 bridgehead atoms. The summed E-state index contributed by atoms with van der Waals surface area (Å²) in [6.45, 7) is 22.5. The fourth-order valence-electron chi connectivity index (χ4n) is 13.7. The van der Waals surface area contributed by atoms with Gasteiger partial charge in [-0.05, 0) is 129 Å². The van der Waals surface area contributed by atoms with Crippen LogP contribution >= 0.6 is 0 Å². The van der Waals surface area contributed by atoms with Crippen molar-refractivity contribution in [1.82, 2.24) is 0 Å². The normalized spacial score (nSPS) is 50.1. The topological polar surface area (TPSA) is 101 Å². The highest BCUT2D eigenvalue weighted by molar-refractivity contribution is 5.81. The van der Waals surface area contributed by atoms with Crippen molar-refractivity contribution in [3.8, 4) is 0 Å². The van der Waals surface area contributed by atoms with Crippen LogP contribution in [0.2, 0.25) is 0 Å².